The molecule has 0 aromatic heterocycles. The van der Waals surface area contributed by atoms with Crippen molar-refractivity contribution in [2.45, 2.75) is 6.61 Å². The Balaban J connectivity index is 1.96. The first-order valence-corrected chi connectivity index (χ1v) is 5.91. The third-order valence-corrected chi connectivity index (χ3v) is 2.70. The monoisotopic (exact) mass is 255 g/mol. The van der Waals surface area contributed by atoms with E-state index in [2.05, 4.69) is 11.7 Å². The molecular formula is C16H15O3. The lowest BCUT2D eigenvalue weighted by Crippen LogP contribution is -2.01. The Morgan fingerprint density at radius 2 is 1.68 bits per heavy atom. The van der Waals surface area contributed by atoms with Gasteiger partial charge in [-0.15, -0.1) is 0 Å². The fourth-order valence-electron chi connectivity index (χ4n) is 1.61. The molecule has 97 valence electrons. The highest BCUT2D eigenvalue weighted by molar-refractivity contribution is 5.89. The minimum absolute atomic E-state index is 0.335. The lowest BCUT2D eigenvalue weighted by Gasteiger charge is -2.07. The molecule has 0 aliphatic rings. The van der Waals surface area contributed by atoms with E-state index in [0.717, 1.165) is 16.9 Å². The smallest absolute Gasteiger partial charge is 0.337 e. The quantitative estimate of drug-likeness (QED) is 0.787. The van der Waals surface area contributed by atoms with Crippen molar-refractivity contribution in [3.63, 3.8) is 0 Å². The Kier molecular flexibility index (Phi) is 4.18. The molecule has 0 saturated carbocycles. The summed E-state index contributed by atoms with van der Waals surface area (Å²) < 4.78 is 10.3. The van der Waals surface area contributed by atoms with Crippen LogP contribution in [0.4, 0.5) is 0 Å². The molecule has 2 aromatic rings. The molecule has 0 bridgehead atoms. The fourth-order valence-corrected chi connectivity index (χ4v) is 1.61. The average Bonchev–Trinajstić information content (AvgIpc) is 2.46. The summed E-state index contributed by atoms with van der Waals surface area (Å²) in [4.78, 5) is 11.3. The minimum Gasteiger partial charge on any atom is -0.489 e. The summed E-state index contributed by atoms with van der Waals surface area (Å²) in [5.41, 5.74) is 2.48. The number of carbonyl (C=O) groups excluding carboxylic acids is 1. The van der Waals surface area contributed by atoms with Crippen LogP contribution in [0.5, 0.6) is 5.75 Å². The Morgan fingerprint density at radius 3 is 2.26 bits per heavy atom. The molecule has 0 spiro atoms. The van der Waals surface area contributed by atoms with E-state index in [-0.39, 0.29) is 5.97 Å². The molecule has 0 amide bonds. The normalized spacial score (nSPS) is 10.0. The van der Waals surface area contributed by atoms with Gasteiger partial charge in [-0.2, -0.15) is 0 Å². The van der Waals surface area contributed by atoms with Gasteiger partial charge in [0.25, 0.3) is 0 Å². The van der Waals surface area contributed by atoms with Gasteiger partial charge in [-0.3, -0.25) is 0 Å². The Bertz CT molecular complexity index is 541. The molecule has 2 rings (SSSR count). The summed E-state index contributed by atoms with van der Waals surface area (Å²) in [6.07, 6.45) is 0. The van der Waals surface area contributed by atoms with Crippen molar-refractivity contribution in [3.05, 3.63) is 72.1 Å². The van der Waals surface area contributed by atoms with Gasteiger partial charge in [-0.05, 0) is 42.3 Å². The zero-order valence-corrected chi connectivity index (χ0v) is 10.8. The van der Waals surface area contributed by atoms with E-state index in [1.165, 1.54) is 7.11 Å². The van der Waals surface area contributed by atoms with Crippen molar-refractivity contribution in [2.24, 2.45) is 0 Å². The highest BCUT2D eigenvalue weighted by atomic mass is 16.5. The largest absolute Gasteiger partial charge is 0.489 e. The van der Waals surface area contributed by atoms with Gasteiger partial charge >= 0.3 is 5.97 Å². The molecule has 2 aromatic carbocycles. The maximum atomic E-state index is 11.3. The summed E-state index contributed by atoms with van der Waals surface area (Å²) >= 11 is 0. The first-order chi connectivity index (χ1) is 9.19. The Morgan fingerprint density at radius 1 is 1.05 bits per heavy atom. The van der Waals surface area contributed by atoms with Crippen LogP contribution < -0.4 is 4.74 Å². The Labute approximate surface area is 112 Å². The molecule has 0 aliphatic carbocycles. The lowest BCUT2D eigenvalue weighted by atomic mass is 10.1. The SMILES string of the molecule is [CH2]c1ccc(OCc2ccc(C(=O)OC)cc2)cc1. The van der Waals surface area contributed by atoms with Crippen LogP contribution >= 0.6 is 0 Å². The van der Waals surface area contributed by atoms with Gasteiger partial charge in [0.05, 0.1) is 12.7 Å². The molecule has 0 fully saturated rings. The van der Waals surface area contributed by atoms with E-state index >= 15 is 0 Å². The topological polar surface area (TPSA) is 35.5 Å². The molecule has 3 heteroatoms. The van der Waals surface area contributed by atoms with Crippen LogP contribution in [-0.4, -0.2) is 13.1 Å². The molecule has 19 heavy (non-hydrogen) atoms. The van der Waals surface area contributed by atoms with Crippen molar-refractivity contribution in [1.29, 1.82) is 0 Å². The van der Waals surface area contributed by atoms with E-state index in [1.807, 2.05) is 36.4 Å². The maximum Gasteiger partial charge on any atom is 0.337 e. The number of rotatable bonds is 4. The van der Waals surface area contributed by atoms with Crippen LogP contribution in [0.3, 0.4) is 0 Å². The van der Waals surface area contributed by atoms with Gasteiger partial charge in [-0.25, -0.2) is 4.79 Å². The van der Waals surface area contributed by atoms with Gasteiger partial charge in [0.15, 0.2) is 0 Å². The summed E-state index contributed by atoms with van der Waals surface area (Å²) in [7, 11) is 1.37. The Hall–Kier alpha value is -2.29. The maximum absolute atomic E-state index is 11.3. The first kappa shape index (κ1) is 13.1. The van der Waals surface area contributed by atoms with Crippen LogP contribution in [0, 0.1) is 6.92 Å². The van der Waals surface area contributed by atoms with Crippen molar-refractivity contribution in [3.8, 4) is 5.75 Å². The predicted octanol–water partition coefficient (Wildman–Crippen LogP) is 3.23. The third kappa shape index (κ3) is 3.58. The van der Waals surface area contributed by atoms with Crippen molar-refractivity contribution >= 4 is 5.97 Å². The molecule has 0 atom stereocenters. The van der Waals surface area contributed by atoms with Crippen LogP contribution in [0.2, 0.25) is 0 Å². The molecule has 0 aliphatic heterocycles. The second kappa shape index (κ2) is 6.05. The number of esters is 1. The third-order valence-electron chi connectivity index (χ3n) is 2.70. The fraction of sp³-hybridized carbons (Fsp3) is 0.125. The van der Waals surface area contributed by atoms with Crippen molar-refractivity contribution in [2.75, 3.05) is 7.11 Å². The highest BCUT2D eigenvalue weighted by Crippen LogP contribution is 2.14. The first-order valence-electron chi connectivity index (χ1n) is 5.91. The van der Waals surface area contributed by atoms with Gasteiger partial charge in [0.2, 0.25) is 0 Å². The average molecular weight is 255 g/mol. The zero-order chi connectivity index (χ0) is 13.7. The molecular weight excluding hydrogens is 240 g/mol. The van der Waals surface area contributed by atoms with Crippen LogP contribution in [0.25, 0.3) is 0 Å². The van der Waals surface area contributed by atoms with Gasteiger partial charge in [0.1, 0.15) is 12.4 Å². The second-order valence-corrected chi connectivity index (χ2v) is 4.12. The number of hydrogen-bond acceptors (Lipinski definition) is 3. The van der Waals surface area contributed by atoms with Gasteiger partial charge in [0, 0.05) is 0 Å². The van der Waals surface area contributed by atoms with Gasteiger partial charge in [-0.1, -0.05) is 24.3 Å². The van der Waals surface area contributed by atoms with Crippen LogP contribution in [0.15, 0.2) is 48.5 Å². The summed E-state index contributed by atoms with van der Waals surface area (Å²) in [6, 6.07) is 14.7. The summed E-state index contributed by atoms with van der Waals surface area (Å²) in [6.45, 7) is 4.27. The van der Waals surface area contributed by atoms with E-state index in [0.29, 0.717) is 12.2 Å². The molecule has 1 radical (unpaired) electrons. The van der Waals surface area contributed by atoms with Crippen LogP contribution in [-0.2, 0) is 11.3 Å². The van der Waals surface area contributed by atoms with E-state index in [4.69, 9.17) is 4.74 Å². The second-order valence-electron chi connectivity index (χ2n) is 4.12. The number of benzene rings is 2. The highest BCUT2D eigenvalue weighted by Gasteiger charge is 2.04. The number of carbonyl (C=O) groups is 1. The number of ether oxygens (including phenoxy) is 2. The summed E-state index contributed by atoms with van der Waals surface area (Å²) in [5, 5.41) is 0. The molecule has 0 heterocycles. The number of hydrogen-bond donors (Lipinski definition) is 0. The molecule has 3 nitrogen and oxygen atoms in total. The molecule has 0 saturated heterocycles. The van der Waals surface area contributed by atoms with Gasteiger partial charge < -0.3 is 9.47 Å². The van der Waals surface area contributed by atoms with E-state index in [1.54, 1.807) is 12.1 Å². The number of methoxy groups -OCH3 is 1. The predicted molar refractivity (Wildman–Crippen MR) is 73.0 cm³/mol. The lowest BCUT2D eigenvalue weighted by molar-refractivity contribution is 0.0600. The standard InChI is InChI=1S/C16H15O3/c1-12-3-9-15(10-4-12)19-11-13-5-7-14(8-6-13)16(17)18-2/h3-10H,1,11H2,2H3. The van der Waals surface area contributed by atoms with Crippen molar-refractivity contribution in [1.82, 2.24) is 0 Å². The summed E-state index contributed by atoms with van der Waals surface area (Å²) in [5.74, 6) is 0.461. The van der Waals surface area contributed by atoms with E-state index < -0.39 is 0 Å². The van der Waals surface area contributed by atoms with Crippen molar-refractivity contribution < 1.29 is 14.3 Å². The van der Waals surface area contributed by atoms with E-state index in [9.17, 15) is 4.79 Å². The van der Waals surface area contributed by atoms with Crippen LogP contribution in [0.1, 0.15) is 21.5 Å². The zero-order valence-electron chi connectivity index (χ0n) is 10.8. The molecule has 0 unspecified atom stereocenters. The molecule has 0 N–H and O–H groups in total. The minimum atomic E-state index is -0.335.